The molecule has 1 N–H and O–H groups in total. The van der Waals surface area contributed by atoms with Crippen LogP contribution in [-0.2, 0) is 7.05 Å². The normalized spacial score (nSPS) is 10.8. The Bertz CT molecular complexity index is 1340. The number of nitro groups is 1. The van der Waals surface area contributed by atoms with Crippen molar-refractivity contribution in [2.45, 2.75) is 6.92 Å². The molecule has 0 radical (unpaired) electrons. The van der Waals surface area contributed by atoms with Gasteiger partial charge in [0.2, 0.25) is 0 Å². The zero-order valence-electron chi connectivity index (χ0n) is 16.7. The number of amides is 1. The number of nitro benzene ring substituents is 1. The lowest BCUT2D eigenvalue weighted by molar-refractivity contribution is -0.384. The molecule has 31 heavy (non-hydrogen) atoms. The summed E-state index contributed by atoms with van der Waals surface area (Å²) in [7, 11) is 1.71. The van der Waals surface area contributed by atoms with Gasteiger partial charge in [-0.25, -0.2) is 9.67 Å². The minimum Gasteiger partial charge on any atom is -0.316 e. The highest BCUT2D eigenvalue weighted by Crippen LogP contribution is 2.25. The van der Waals surface area contributed by atoms with Gasteiger partial charge in [0.1, 0.15) is 11.4 Å². The molecule has 0 aliphatic carbocycles. The summed E-state index contributed by atoms with van der Waals surface area (Å²) in [5.74, 6) is -0.619. The molecule has 0 saturated heterocycles. The fourth-order valence-electron chi connectivity index (χ4n) is 3.33. The molecule has 0 aliphatic rings. The SMILES string of the molecule is Cc1c(NC(=O)c2ccc(-n3ccnc3)c([N+](=O)[O-])c2)c(=O)n(-c2ccccc2)n1C. The molecular weight excluding hydrogens is 400 g/mol. The highest BCUT2D eigenvalue weighted by Gasteiger charge is 2.22. The lowest BCUT2D eigenvalue weighted by Crippen LogP contribution is -2.23. The zero-order valence-corrected chi connectivity index (χ0v) is 16.7. The molecule has 2 aromatic carbocycles. The summed E-state index contributed by atoms with van der Waals surface area (Å²) >= 11 is 0. The van der Waals surface area contributed by atoms with Crippen molar-refractivity contribution >= 4 is 17.3 Å². The van der Waals surface area contributed by atoms with Crippen LogP contribution in [0.1, 0.15) is 16.1 Å². The number of carbonyl (C=O) groups excluding carboxylic acids is 1. The number of hydrogen-bond donors (Lipinski definition) is 1. The predicted octanol–water partition coefficient (Wildman–Crippen LogP) is 2.83. The van der Waals surface area contributed by atoms with E-state index in [1.807, 2.05) is 18.2 Å². The Labute approximate surface area is 176 Å². The van der Waals surface area contributed by atoms with E-state index in [1.54, 1.807) is 37.0 Å². The second-order valence-electron chi connectivity index (χ2n) is 6.82. The van der Waals surface area contributed by atoms with Crippen LogP contribution in [0.5, 0.6) is 0 Å². The number of carbonyl (C=O) groups is 1. The quantitative estimate of drug-likeness (QED) is 0.395. The van der Waals surface area contributed by atoms with Crippen molar-refractivity contribution < 1.29 is 9.72 Å². The first-order valence-electron chi connectivity index (χ1n) is 9.30. The number of benzene rings is 2. The van der Waals surface area contributed by atoms with Crippen molar-refractivity contribution in [2.24, 2.45) is 7.05 Å². The molecule has 1 amide bonds. The van der Waals surface area contributed by atoms with E-state index in [9.17, 15) is 19.7 Å². The number of anilines is 1. The Morgan fingerprint density at radius 1 is 1.16 bits per heavy atom. The van der Waals surface area contributed by atoms with Crippen LogP contribution in [0.2, 0.25) is 0 Å². The first-order valence-corrected chi connectivity index (χ1v) is 9.30. The number of nitrogens with one attached hydrogen (secondary N) is 1. The fourth-order valence-corrected chi connectivity index (χ4v) is 3.33. The Kier molecular flexibility index (Phi) is 4.96. The monoisotopic (exact) mass is 418 g/mol. The molecule has 4 rings (SSSR count). The molecule has 0 spiro atoms. The van der Waals surface area contributed by atoms with E-state index in [4.69, 9.17) is 0 Å². The summed E-state index contributed by atoms with van der Waals surface area (Å²) in [5.41, 5.74) is 0.996. The maximum atomic E-state index is 13.0. The van der Waals surface area contributed by atoms with E-state index in [-0.39, 0.29) is 22.6 Å². The van der Waals surface area contributed by atoms with Crippen molar-refractivity contribution in [1.29, 1.82) is 0 Å². The van der Waals surface area contributed by atoms with Crippen molar-refractivity contribution in [3.8, 4) is 11.4 Å². The number of hydrogen-bond acceptors (Lipinski definition) is 5. The van der Waals surface area contributed by atoms with Crippen LogP contribution >= 0.6 is 0 Å². The molecule has 2 heterocycles. The van der Waals surface area contributed by atoms with Gasteiger partial charge in [0.25, 0.3) is 17.2 Å². The van der Waals surface area contributed by atoms with Gasteiger partial charge in [-0.15, -0.1) is 0 Å². The van der Waals surface area contributed by atoms with Gasteiger partial charge in [-0.05, 0) is 31.2 Å². The number of rotatable bonds is 5. The molecule has 0 unspecified atom stereocenters. The molecule has 0 atom stereocenters. The van der Waals surface area contributed by atoms with E-state index >= 15 is 0 Å². The molecule has 10 nitrogen and oxygen atoms in total. The molecule has 0 bridgehead atoms. The second-order valence-corrected chi connectivity index (χ2v) is 6.82. The van der Waals surface area contributed by atoms with Crippen LogP contribution in [0.15, 0.2) is 72.0 Å². The van der Waals surface area contributed by atoms with Crippen LogP contribution in [0.4, 0.5) is 11.4 Å². The number of para-hydroxylation sites is 1. The summed E-state index contributed by atoms with van der Waals surface area (Å²) in [6.45, 7) is 1.71. The third-order valence-corrected chi connectivity index (χ3v) is 5.01. The van der Waals surface area contributed by atoms with E-state index in [1.165, 1.54) is 40.0 Å². The van der Waals surface area contributed by atoms with Crippen LogP contribution in [0.25, 0.3) is 11.4 Å². The maximum Gasteiger partial charge on any atom is 0.295 e. The Morgan fingerprint density at radius 3 is 2.55 bits per heavy atom. The molecule has 0 saturated carbocycles. The second kappa shape index (κ2) is 7.75. The van der Waals surface area contributed by atoms with Crippen molar-refractivity contribution in [3.05, 3.63) is 99.0 Å². The van der Waals surface area contributed by atoms with Gasteiger partial charge < -0.3 is 9.88 Å². The summed E-state index contributed by atoms with van der Waals surface area (Å²) < 4.78 is 4.56. The minimum absolute atomic E-state index is 0.0597. The lowest BCUT2D eigenvalue weighted by atomic mass is 10.1. The van der Waals surface area contributed by atoms with Gasteiger partial charge in [0.15, 0.2) is 0 Å². The van der Waals surface area contributed by atoms with Crippen LogP contribution in [0, 0.1) is 17.0 Å². The van der Waals surface area contributed by atoms with Gasteiger partial charge in [-0.3, -0.25) is 24.4 Å². The summed E-state index contributed by atoms with van der Waals surface area (Å²) in [6, 6.07) is 13.1. The van der Waals surface area contributed by atoms with Crippen LogP contribution < -0.4 is 10.9 Å². The van der Waals surface area contributed by atoms with Gasteiger partial charge >= 0.3 is 0 Å². The highest BCUT2D eigenvalue weighted by atomic mass is 16.6. The largest absolute Gasteiger partial charge is 0.316 e. The van der Waals surface area contributed by atoms with Crippen LogP contribution in [-0.4, -0.2) is 29.7 Å². The van der Waals surface area contributed by atoms with Crippen LogP contribution in [0.3, 0.4) is 0 Å². The fraction of sp³-hybridized carbons (Fsp3) is 0.0952. The maximum absolute atomic E-state index is 13.0. The summed E-state index contributed by atoms with van der Waals surface area (Å²) in [6.07, 6.45) is 4.50. The zero-order chi connectivity index (χ0) is 22.1. The van der Waals surface area contributed by atoms with Gasteiger partial charge in [-0.2, -0.15) is 0 Å². The van der Waals surface area contributed by atoms with E-state index in [2.05, 4.69) is 10.3 Å². The molecule has 156 valence electrons. The van der Waals surface area contributed by atoms with E-state index in [0.717, 1.165) is 0 Å². The Balaban J connectivity index is 1.70. The Hall–Kier alpha value is -4.47. The third-order valence-electron chi connectivity index (χ3n) is 5.01. The standard InChI is InChI=1S/C21H18N6O4/c1-14-19(21(29)26(24(14)2)16-6-4-3-5-7-16)23-20(28)15-8-9-17(18(12-15)27(30)31)25-11-10-22-13-25/h3-13H,1-2H3,(H,23,28). The van der Waals surface area contributed by atoms with Crippen molar-refractivity contribution in [3.63, 3.8) is 0 Å². The van der Waals surface area contributed by atoms with E-state index < -0.39 is 16.4 Å². The van der Waals surface area contributed by atoms with Crippen molar-refractivity contribution in [2.75, 3.05) is 5.32 Å². The minimum atomic E-state index is -0.619. The predicted molar refractivity (Wildman–Crippen MR) is 114 cm³/mol. The van der Waals surface area contributed by atoms with Crippen molar-refractivity contribution in [1.82, 2.24) is 18.9 Å². The molecule has 10 heteroatoms. The first-order chi connectivity index (χ1) is 14.9. The van der Waals surface area contributed by atoms with E-state index in [0.29, 0.717) is 11.4 Å². The smallest absolute Gasteiger partial charge is 0.295 e. The first kappa shape index (κ1) is 19.8. The Morgan fingerprint density at radius 2 is 1.90 bits per heavy atom. The lowest BCUT2D eigenvalue weighted by Gasteiger charge is -2.07. The average molecular weight is 418 g/mol. The van der Waals surface area contributed by atoms with Gasteiger partial charge in [0.05, 0.1) is 22.6 Å². The molecule has 4 aromatic rings. The average Bonchev–Trinajstić information content (AvgIpc) is 3.37. The topological polar surface area (TPSA) is 117 Å². The molecular formula is C21H18N6O4. The van der Waals surface area contributed by atoms with Gasteiger partial charge in [0, 0.05) is 31.1 Å². The molecule has 0 aliphatic heterocycles. The number of aromatic nitrogens is 4. The third kappa shape index (κ3) is 3.50. The number of imidazole rings is 1. The summed E-state index contributed by atoms with van der Waals surface area (Å²) in [4.78, 5) is 40.7. The number of nitrogens with zero attached hydrogens (tertiary/aromatic N) is 5. The highest BCUT2D eigenvalue weighted by molar-refractivity contribution is 6.05. The van der Waals surface area contributed by atoms with Gasteiger partial charge in [-0.1, -0.05) is 18.2 Å². The molecule has 2 aromatic heterocycles. The molecule has 0 fully saturated rings. The summed E-state index contributed by atoms with van der Waals surface area (Å²) in [5, 5.41) is 14.2.